The van der Waals surface area contributed by atoms with Gasteiger partial charge in [-0.2, -0.15) is 0 Å². The molecule has 0 bridgehead atoms. The molecular weight excluding hydrogens is 624 g/mol. The second-order valence-electron chi connectivity index (χ2n) is 12.5. The Hall–Kier alpha value is -5.25. The maximum atomic E-state index is 12.4. The Bertz CT molecular complexity index is 2020. The summed E-state index contributed by atoms with van der Waals surface area (Å²) in [4.78, 5) is 41.5. The number of H-pyrrole nitrogens is 1. The molecule has 1 aromatic carbocycles. The molecule has 3 aliphatic rings. The molecule has 5 aromatic rings. The average Bonchev–Trinajstić information content (AvgIpc) is 3.77. The number of hydrogen-bond donors (Lipinski definition) is 2. The topological polar surface area (TPSA) is 147 Å². The molecule has 49 heavy (non-hydrogen) atoms. The third-order valence-electron chi connectivity index (χ3n) is 9.01. The van der Waals surface area contributed by atoms with Crippen molar-refractivity contribution in [2.75, 3.05) is 49.3 Å². The van der Waals surface area contributed by atoms with Gasteiger partial charge in [0.1, 0.15) is 28.2 Å². The van der Waals surface area contributed by atoms with Crippen LogP contribution in [0.15, 0.2) is 70.3 Å². The summed E-state index contributed by atoms with van der Waals surface area (Å²) >= 11 is 0. The van der Waals surface area contributed by atoms with Crippen LogP contribution in [0.25, 0.3) is 22.1 Å². The van der Waals surface area contributed by atoms with Gasteiger partial charge in [-0.25, -0.2) is 9.97 Å². The van der Waals surface area contributed by atoms with Crippen LogP contribution in [-0.2, 0) is 14.3 Å². The summed E-state index contributed by atoms with van der Waals surface area (Å²) < 4.78 is 17.3. The third kappa shape index (κ3) is 7.13. The Balaban J connectivity index is 0.000000159. The van der Waals surface area contributed by atoms with Crippen LogP contribution >= 0.6 is 0 Å². The van der Waals surface area contributed by atoms with Crippen LogP contribution in [0.4, 0.5) is 11.5 Å². The van der Waals surface area contributed by atoms with Crippen molar-refractivity contribution in [1.82, 2.24) is 19.9 Å². The summed E-state index contributed by atoms with van der Waals surface area (Å²) in [5.74, 6) is 8.36. The quantitative estimate of drug-likeness (QED) is 0.199. The Kier molecular flexibility index (Phi) is 10.2. The van der Waals surface area contributed by atoms with Gasteiger partial charge in [-0.15, -0.1) is 0 Å². The van der Waals surface area contributed by atoms with E-state index in [-0.39, 0.29) is 23.7 Å². The molecule has 2 N–H and O–H groups in total. The number of nitrogens with zero attached hydrogens (tertiary/aromatic N) is 5. The van der Waals surface area contributed by atoms with Crippen molar-refractivity contribution in [2.24, 2.45) is 0 Å². The minimum atomic E-state index is -0.302. The van der Waals surface area contributed by atoms with Crippen LogP contribution < -0.4 is 15.4 Å². The highest BCUT2D eigenvalue weighted by molar-refractivity contribution is 6.05. The molecule has 0 saturated carbocycles. The van der Waals surface area contributed by atoms with Gasteiger partial charge >= 0.3 is 0 Å². The molecule has 4 aromatic heterocycles. The van der Waals surface area contributed by atoms with Crippen molar-refractivity contribution in [1.29, 1.82) is 0 Å². The molecule has 1 atom stereocenters. The number of ether oxygens (including phenoxy) is 2. The third-order valence-corrected chi connectivity index (χ3v) is 9.01. The number of nitrogens with one attached hydrogen (secondary N) is 1. The molecule has 12 nitrogen and oxygen atoms in total. The first-order valence-electron chi connectivity index (χ1n) is 16.5. The van der Waals surface area contributed by atoms with Gasteiger partial charge in [0, 0.05) is 60.7 Å². The van der Waals surface area contributed by atoms with Gasteiger partial charge in [0.25, 0.3) is 12.0 Å². The highest BCUT2D eigenvalue weighted by Crippen LogP contribution is 2.36. The Morgan fingerprint density at radius 3 is 2.45 bits per heavy atom. The Morgan fingerprint density at radius 2 is 1.76 bits per heavy atom. The second kappa shape index (κ2) is 14.9. The van der Waals surface area contributed by atoms with Crippen molar-refractivity contribution in [2.45, 2.75) is 51.2 Å². The normalized spacial score (nSPS) is 17.8. The summed E-state index contributed by atoms with van der Waals surface area (Å²) in [6, 6.07) is 13.7. The number of rotatable bonds is 3. The van der Waals surface area contributed by atoms with Crippen LogP contribution in [0.1, 0.15) is 56.5 Å². The van der Waals surface area contributed by atoms with E-state index in [4.69, 9.17) is 33.8 Å². The summed E-state index contributed by atoms with van der Waals surface area (Å²) in [7, 11) is 0. The molecule has 8 rings (SSSR count). The monoisotopic (exact) mass is 664 g/mol. The number of fused-ring (bicyclic) bond motifs is 3. The fourth-order valence-electron chi connectivity index (χ4n) is 6.23. The van der Waals surface area contributed by atoms with Crippen LogP contribution in [0.2, 0.25) is 0 Å². The van der Waals surface area contributed by atoms with Crippen molar-refractivity contribution >= 4 is 40.0 Å². The largest absolute Gasteiger partial charge is 0.483 e. The maximum Gasteiger partial charge on any atom is 0.290 e. The lowest BCUT2D eigenvalue weighted by Crippen LogP contribution is -2.68. The SMILES string of the molecule is CC(C)c1nc(N2CCCC2)c2oc3ccccc3c2n1.CC1N(c2cc(C#Cc3ccncc3)c[nH]c2=O)CCOC12COC2.O=CO. The number of aromatic amines is 1. The van der Waals surface area contributed by atoms with Gasteiger partial charge in [-0.05, 0) is 50.1 Å². The molecule has 1 unspecified atom stereocenters. The van der Waals surface area contributed by atoms with E-state index in [2.05, 4.69) is 58.4 Å². The minimum absolute atomic E-state index is 0.0690. The van der Waals surface area contributed by atoms with Gasteiger partial charge < -0.3 is 33.8 Å². The van der Waals surface area contributed by atoms with Crippen molar-refractivity contribution in [3.8, 4) is 11.8 Å². The number of aromatic nitrogens is 4. The maximum absolute atomic E-state index is 12.4. The number of morpholine rings is 1. The molecular formula is C37H40N6O6. The molecule has 3 fully saturated rings. The zero-order valence-corrected chi connectivity index (χ0v) is 27.9. The van der Waals surface area contributed by atoms with E-state index >= 15 is 0 Å². The minimum Gasteiger partial charge on any atom is -0.483 e. The molecule has 1 spiro atoms. The van der Waals surface area contributed by atoms with Crippen molar-refractivity contribution in [3.63, 3.8) is 0 Å². The smallest absolute Gasteiger partial charge is 0.290 e. The molecule has 254 valence electrons. The van der Waals surface area contributed by atoms with E-state index in [1.807, 2.05) is 36.4 Å². The van der Waals surface area contributed by atoms with Crippen LogP contribution in [0.5, 0.6) is 0 Å². The Labute approximate surface area is 284 Å². The highest BCUT2D eigenvalue weighted by Gasteiger charge is 2.50. The molecule has 3 aliphatic heterocycles. The van der Waals surface area contributed by atoms with Gasteiger partial charge in [0.15, 0.2) is 11.4 Å². The van der Waals surface area contributed by atoms with Crippen LogP contribution in [-0.4, -0.2) is 82.6 Å². The number of pyridine rings is 2. The Morgan fingerprint density at radius 1 is 1.04 bits per heavy atom. The van der Waals surface area contributed by atoms with E-state index in [1.54, 1.807) is 18.6 Å². The first-order valence-corrected chi connectivity index (χ1v) is 16.5. The number of hydrogen-bond acceptors (Lipinski definition) is 10. The molecule has 0 aliphatic carbocycles. The van der Waals surface area contributed by atoms with Gasteiger partial charge in [-0.1, -0.05) is 37.8 Å². The van der Waals surface area contributed by atoms with Crippen molar-refractivity contribution < 1.29 is 23.8 Å². The van der Waals surface area contributed by atoms with E-state index in [9.17, 15) is 4.79 Å². The number of furan rings is 1. The summed E-state index contributed by atoms with van der Waals surface area (Å²) in [5, 5.41) is 7.97. The summed E-state index contributed by atoms with van der Waals surface area (Å²) in [6.07, 6.45) is 7.51. The van der Waals surface area contributed by atoms with E-state index in [1.165, 1.54) is 12.8 Å². The summed E-state index contributed by atoms with van der Waals surface area (Å²) in [6.45, 7) is 10.6. The highest BCUT2D eigenvalue weighted by atomic mass is 16.6. The number of carbonyl (C=O) groups is 1. The number of benzene rings is 1. The average molecular weight is 665 g/mol. The molecule has 3 saturated heterocycles. The van der Waals surface area contributed by atoms with Crippen LogP contribution in [0.3, 0.4) is 0 Å². The number of para-hydroxylation sites is 1. The molecule has 7 heterocycles. The number of carboxylic acid groups (broad SMARTS) is 1. The van der Waals surface area contributed by atoms with Gasteiger partial charge in [0.2, 0.25) is 0 Å². The van der Waals surface area contributed by atoms with E-state index in [0.29, 0.717) is 38.0 Å². The van der Waals surface area contributed by atoms with E-state index < -0.39 is 0 Å². The molecule has 0 amide bonds. The zero-order chi connectivity index (χ0) is 34.4. The lowest BCUT2D eigenvalue weighted by Gasteiger charge is -2.53. The lowest BCUT2D eigenvalue weighted by atomic mass is 9.90. The van der Waals surface area contributed by atoms with Gasteiger partial charge in [0.05, 0.1) is 25.9 Å². The fraction of sp³-hybridized carbons (Fsp3) is 0.378. The van der Waals surface area contributed by atoms with Crippen LogP contribution in [0, 0.1) is 11.8 Å². The summed E-state index contributed by atoms with van der Waals surface area (Å²) in [5.41, 5.74) is 4.54. The molecule has 0 radical (unpaired) electrons. The van der Waals surface area contributed by atoms with E-state index in [0.717, 1.165) is 57.9 Å². The first-order chi connectivity index (χ1) is 23.8. The number of anilines is 2. The standard InChI is InChI=1S/C19H19N3O3.C17H19N3O.CH2O2/c1-14-19(12-24-13-19)25-9-8-22(14)17-10-16(11-21-18(17)23)3-2-15-4-6-20-7-5-15;1-11(2)16-18-14-12-7-3-4-8-13(12)21-15(14)17(19-16)20-9-5-6-10-20;2-1-3/h4-7,10-11,14H,8-9,12-13H2,1H3,(H,21,23);3-4,7-8,11H,5-6,9-10H2,1-2H3;1H,(H,2,3). The predicted octanol–water partition coefficient (Wildman–Crippen LogP) is 4.96. The van der Waals surface area contributed by atoms with Gasteiger partial charge in [-0.3, -0.25) is 14.6 Å². The lowest BCUT2D eigenvalue weighted by molar-refractivity contribution is -0.228. The second-order valence-corrected chi connectivity index (χ2v) is 12.5. The predicted molar refractivity (Wildman–Crippen MR) is 187 cm³/mol. The molecule has 12 heteroatoms. The van der Waals surface area contributed by atoms with Crippen molar-refractivity contribution in [3.05, 3.63) is 88.4 Å². The fourth-order valence-corrected chi connectivity index (χ4v) is 6.23. The zero-order valence-electron chi connectivity index (χ0n) is 27.9. The first kappa shape index (κ1) is 33.6.